The van der Waals surface area contributed by atoms with Gasteiger partial charge < -0.3 is 14.0 Å². The van der Waals surface area contributed by atoms with Gasteiger partial charge in [-0.1, -0.05) is 25.4 Å². The summed E-state index contributed by atoms with van der Waals surface area (Å²) in [7, 11) is 2.15. The van der Waals surface area contributed by atoms with Gasteiger partial charge in [0.1, 0.15) is 0 Å². The first-order chi connectivity index (χ1) is 11.6. The van der Waals surface area contributed by atoms with Crippen LogP contribution in [0.3, 0.4) is 0 Å². The third-order valence-corrected chi connectivity index (χ3v) is 6.35. The number of fused-ring (bicyclic) bond motifs is 3. The molecule has 1 fully saturated rings. The zero-order chi connectivity index (χ0) is 18.1. The second kappa shape index (κ2) is 5.13. The van der Waals surface area contributed by atoms with Gasteiger partial charge in [-0.2, -0.15) is 0 Å². The number of aromatic nitrogens is 1. The highest BCUT2D eigenvalue weighted by Crippen LogP contribution is 2.49. The first-order valence-corrected chi connectivity index (χ1v) is 9.20. The molecule has 4 heterocycles. The van der Waals surface area contributed by atoms with Crippen molar-refractivity contribution in [1.82, 2.24) is 9.79 Å². The molecule has 2 aromatic heterocycles. The minimum absolute atomic E-state index is 0.138. The van der Waals surface area contributed by atoms with E-state index in [0.717, 1.165) is 22.5 Å². The van der Waals surface area contributed by atoms with Crippen LogP contribution in [-0.2, 0) is 0 Å². The maximum Gasteiger partial charge on any atom is 0.376 e. The van der Waals surface area contributed by atoms with Gasteiger partial charge in [0.25, 0.3) is 0 Å². The van der Waals surface area contributed by atoms with E-state index < -0.39 is 0 Å². The first-order valence-electron chi connectivity index (χ1n) is 9.20. The Kier molecular flexibility index (Phi) is 3.43. The lowest BCUT2D eigenvalue weighted by atomic mass is 9.59. The van der Waals surface area contributed by atoms with Crippen LogP contribution in [0.25, 0.3) is 17.2 Å². The second-order valence-corrected chi connectivity index (χ2v) is 9.11. The molecule has 2 aromatic rings. The lowest BCUT2D eigenvalue weighted by molar-refractivity contribution is 0.233. The Morgan fingerprint density at radius 3 is 2.64 bits per heavy atom. The van der Waals surface area contributed by atoms with E-state index in [-0.39, 0.29) is 12.5 Å². The molecule has 0 spiro atoms. The summed E-state index contributed by atoms with van der Waals surface area (Å²) in [4.78, 5) is 9.37. The predicted molar refractivity (Wildman–Crippen MR) is 106 cm³/mol. The van der Waals surface area contributed by atoms with Crippen LogP contribution < -0.4 is 4.81 Å². The molecule has 0 N–H and O–H groups in total. The van der Waals surface area contributed by atoms with Crippen molar-refractivity contribution in [3.8, 4) is 0 Å². The van der Waals surface area contributed by atoms with Crippen molar-refractivity contribution < 1.29 is 4.42 Å². The Labute approximate surface area is 151 Å². The Hall–Kier alpha value is -1.75. The smallest absolute Gasteiger partial charge is 0.376 e. The summed E-state index contributed by atoms with van der Waals surface area (Å²) in [6.07, 6.45) is 5.27. The van der Waals surface area contributed by atoms with Crippen molar-refractivity contribution >= 4 is 30.0 Å². The summed E-state index contributed by atoms with van der Waals surface area (Å²) < 4.78 is 6.14. The molecular formula is C20H28BN3O. The van der Waals surface area contributed by atoms with Crippen LogP contribution in [0.1, 0.15) is 53.5 Å². The van der Waals surface area contributed by atoms with Crippen LogP contribution in [0.2, 0.25) is 0 Å². The molecule has 2 aliphatic rings. The maximum absolute atomic E-state index is 6.14. The number of allylic oxidation sites excluding steroid dienone is 1. The highest BCUT2D eigenvalue weighted by Gasteiger charge is 2.54. The van der Waals surface area contributed by atoms with Crippen LogP contribution in [0.4, 0.5) is 5.88 Å². The summed E-state index contributed by atoms with van der Waals surface area (Å²) in [5.41, 5.74) is 3.67. The topological polar surface area (TPSA) is 32.5 Å². The van der Waals surface area contributed by atoms with Gasteiger partial charge in [0.15, 0.2) is 5.88 Å². The number of hydrogen-bond donors (Lipinski definition) is 0. The average molecular weight is 337 g/mol. The molecule has 0 radical (unpaired) electrons. The molecule has 0 aliphatic carbocycles. The van der Waals surface area contributed by atoms with Gasteiger partial charge in [-0.15, -0.1) is 0 Å². The molecule has 0 unspecified atom stereocenters. The fourth-order valence-corrected chi connectivity index (χ4v) is 5.26. The van der Waals surface area contributed by atoms with E-state index in [2.05, 4.69) is 75.3 Å². The van der Waals surface area contributed by atoms with Crippen LogP contribution in [0, 0.1) is 5.41 Å². The van der Waals surface area contributed by atoms with E-state index in [1.54, 1.807) is 6.20 Å². The fraction of sp³-hybridized carbons (Fsp3) is 0.550. The summed E-state index contributed by atoms with van der Waals surface area (Å²) in [6, 6.07) is 4.55. The highest BCUT2D eigenvalue weighted by molar-refractivity contribution is 6.69. The molecule has 25 heavy (non-hydrogen) atoms. The molecule has 2 aliphatic heterocycles. The van der Waals surface area contributed by atoms with E-state index in [1.807, 2.05) is 6.07 Å². The van der Waals surface area contributed by atoms with Crippen molar-refractivity contribution in [2.75, 3.05) is 11.9 Å². The lowest BCUT2D eigenvalue weighted by Gasteiger charge is -2.45. The molecule has 0 bridgehead atoms. The summed E-state index contributed by atoms with van der Waals surface area (Å²) >= 11 is 0. The first kappa shape index (κ1) is 16.7. The monoisotopic (exact) mass is 337 g/mol. The van der Waals surface area contributed by atoms with E-state index >= 15 is 0 Å². The van der Waals surface area contributed by atoms with Crippen LogP contribution in [0.5, 0.6) is 0 Å². The van der Waals surface area contributed by atoms with Gasteiger partial charge in [0, 0.05) is 28.7 Å². The summed E-state index contributed by atoms with van der Waals surface area (Å²) in [5.74, 6) is 0.928. The van der Waals surface area contributed by atoms with Crippen molar-refractivity contribution in [1.29, 1.82) is 0 Å². The predicted octanol–water partition coefficient (Wildman–Crippen LogP) is 4.61. The largest absolute Gasteiger partial charge is 0.423 e. The van der Waals surface area contributed by atoms with Gasteiger partial charge in [0.05, 0.1) is 0 Å². The number of anilines is 1. The number of nitrogens with zero attached hydrogens (tertiary/aromatic N) is 3. The molecule has 132 valence electrons. The van der Waals surface area contributed by atoms with Crippen LogP contribution in [0.15, 0.2) is 28.2 Å². The molecule has 4 rings (SSSR count). The number of hydrogen-bond acceptors (Lipinski definition) is 4. The van der Waals surface area contributed by atoms with Gasteiger partial charge in [-0.25, -0.2) is 4.98 Å². The number of furan rings is 1. The van der Waals surface area contributed by atoms with E-state index in [9.17, 15) is 0 Å². The maximum atomic E-state index is 6.14. The SMILES string of the molecule is CC1=Cc2c(oc3ncccc23)N(C)B1N1[C@@H](C)C(C)(C)CC1(C)C. The fourth-order valence-electron chi connectivity index (χ4n) is 5.26. The lowest BCUT2D eigenvalue weighted by Crippen LogP contribution is -2.61. The van der Waals surface area contributed by atoms with E-state index in [4.69, 9.17) is 4.42 Å². The molecule has 0 saturated carbocycles. The average Bonchev–Trinajstić information content (AvgIpc) is 2.95. The van der Waals surface area contributed by atoms with E-state index in [0.29, 0.717) is 11.5 Å². The third-order valence-electron chi connectivity index (χ3n) is 6.35. The van der Waals surface area contributed by atoms with Gasteiger partial charge in [-0.05, 0) is 58.7 Å². The standard InChI is InChI=1S/C20H28BN3O/c1-13-11-16-15-9-8-10-22-17(15)25-18(16)23(7)21(13)24-14(2)19(3,4)12-20(24,5)6/h8-11,14H,12H2,1-7H3/t14-/m0/s1. The Morgan fingerprint density at radius 2 is 2.00 bits per heavy atom. The van der Waals surface area contributed by atoms with E-state index in [1.165, 1.54) is 11.9 Å². The second-order valence-electron chi connectivity index (χ2n) is 9.11. The molecule has 1 saturated heterocycles. The minimum atomic E-state index is 0.138. The van der Waals surface area contributed by atoms with Crippen molar-refractivity contribution in [2.24, 2.45) is 5.41 Å². The van der Waals surface area contributed by atoms with Crippen LogP contribution in [-0.4, -0.2) is 35.4 Å². The molecule has 4 nitrogen and oxygen atoms in total. The highest BCUT2D eigenvalue weighted by atomic mass is 16.4. The number of pyridine rings is 1. The van der Waals surface area contributed by atoms with Crippen molar-refractivity contribution in [3.05, 3.63) is 29.4 Å². The summed E-state index contributed by atoms with van der Waals surface area (Å²) in [6.45, 7) is 14.3. The zero-order valence-corrected chi connectivity index (χ0v) is 16.4. The Morgan fingerprint density at radius 1 is 1.28 bits per heavy atom. The molecule has 1 atom stereocenters. The molecule has 5 heteroatoms. The minimum Gasteiger partial charge on any atom is -0.423 e. The molecular weight excluding hydrogens is 309 g/mol. The van der Waals surface area contributed by atoms with Crippen molar-refractivity contribution in [2.45, 2.75) is 59.5 Å². The molecule has 0 amide bonds. The van der Waals surface area contributed by atoms with Gasteiger partial charge in [-0.3, -0.25) is 0 Å². The van der Waals surface area contributed by atoms with Gasteiger partial charge >= 0.3 is 6.98 Å². The zero-order valence-electron chi connectivity index (χ0n) is 16.4. The normalized spacial score (nSPS) is 25.4. The summed E-state index contributed by atoms with van der Waals surface area (Å²) in [5, 5.41) is 1.09. The van der Waals surface area contributed by atoms with Crippen molar-refractivity contribution in [3.63, 3.8) is 0 Å². The van der Waals surface area contributed by atoms with Gasteiger partial charge in [0.2, 0.25) is 5.71 Å². The molecule has 0 aromatic carbocycles. The Balaban J connectivity index is 1.84. The Bertz CT molecular complexity index is 867. The van der Waals surface area contributed by atoms with Crippen LogP contribution >= 0.6 is 0 Å². The third kappa shape index (κ3) is 2.28. The number of rotatable bonds is 1. The quantitative estimate of drug-likeness (QED) is 0.712.